The van der Waals surface area contributed by atoms with Crippen LogP contribution >= 0.6 is 0 Å². The summed E-state index contributed by atoms with van der Waals surface area (Å²) in [5.41, 5.74) is 1.12. The number of carbonyl (C=O) groups excluding carboxylic acids is 1. The smallest absolute Gasteiger partial charge is 0.227 e. The molecule has 1 unspecified atom stereocenters. The molecule has 0 aromatic heterocycles. The van der Waals surface area contributed by atoms with Gasteiger partial charge in [0.05, 0.1) is 5.92 Å². The van der Waals surface area contributed by atoms with E-state index >= 15 is 0 Å². The summed E-state index contributed by atoms with van der Waals surface area (Å²) in [6, 6.07) is 10.4. The van der Waals surface area contributed by atoms with Crippen molar-refractivity contribution in [3.8, 4) is 0 Å². The number of nitrogens with one attached hydrogen (secondary N) is 2. The fourth-order valence-corrected chi connectivity index (χ4v) is 2.53. The molecule has 98 valence electrons. The zero-order chi connectivity index (χ0) is 12.8. The Balaban J connectivity index is 1.97. The van der Waals surface area contributed by atoms with Gasteiger partial charge in [0.1, 0.15) is 0 Å². The molecule has 0 radical (unpaired) electrons. The number of piperidine rings is 1. The first-order valence-corrected chi connectivity index (χ1v) is 6.87. The lowest BCUT2D eigenvalue weighted by Gasteiger charge is -2.26. The van der Waals surface area contributed by atoms with E-state index in [0.717, 1.165) is 37.9 Å². The second-order valence-electron chi connectivity index (χ2n) is 4.90. The monoisotopic (exact) mass is 246 g/mol. The van der Waals surface area contributed by atoms with Gasteiger partial charge in [0, 0.05) is 6.04 Å². The van der Waals surface area contributed by atoms with Gasteiger partial charge in [-0.3, -0.25) is 4.79 Å². The predicted molar refractivity (Wildman–Crippen MR) is 73.5 cm³/mol. The van der Waals surface area contributed by atoms with Crippen LogP contribution in [0.1, 0.15) is 37.7 Å². The third-order valence-electron chi connectivity index (χ3n) is 3.61. The molecular formula is C15H22N2O. The van der Waals surface area contributed by atoms with Gasteiger partial charge in [-0.25, -0.2) is 0 Å². The second kappa shape index (κ2) is 6.55. The molecule has 1 saturated heterocycles. The van der Waals surface area contributed by atoms with Crippen LogP contribution in [-0.4, -0.2) is 25.0 Å². The van der Waals surface area contributed by atoms with Gasteiger partial charge in [0.15, 0.2) is 0 Å². The molecule has 1 aliphatic rings. The van der Waals surface area contributed by atoms with Crippen molar-refractivity contribution in [3.05, 3.63) is 35.9 Å². The van der Waals surface area contributed by atoms with Crippen molar-refractivity contribution in [3.63, 3.8) is 0 Å². The Hall–Kier alpha value is -1.35. The van der Waals surface area contributed by atoms with Gasteiger partial charge in [0.25, 0.3) is 0 Å². The van der Waals surface area contributed by atoms with Crippen molar-refractivity contribution in [2.75, 3.05) is 13.1 Å². The van der Waals surface area contributed by atoms with Crippen LogP contribution in [0.15, 0.2) is 30.3 Å². The molecule has 1 heterocycles. The first-order valence-electron chi connectivity index (χ1n) is 6.87. The molecule has 1 fully saturated rings. The van der Waals surface area contributed by atoms with Gasteiger partial charge in [-0.1, -0.05) is 37.3 Å². The maximum absolute atomic E-state index is 12.3. The first kappa shape index (κ1) is 13.1. The highest BCUT2D eigenvalue weighted by atomic mass is 16.1. The zero-order valence-corrected chi connectivity index (χ0v) is 11.0. The van der Waals surface area contributed by atoms with Crippen LogP contribution in [0.25, 0.3) is 0 Å². The minimum absolute atomic E-state index is 0.0129. The van der Waals surface area contributed by atoms with Crippen LogP contribution in [0.2, 0.25) is 0 Å². The molecular weight excluding hydrogens is 224 g/mol. The van der Waals surface area contributed by atoms with E-state index < -0.39 is 0 Å². The second-order valence-corrected chi connectivity index (χ2v) is 4.90. The van der Waals surface area contributed by atoms with Gasteiger partial charge in [0.2, 0.25) is 5.91 Å². The van der Waals surface area contributed by atoms with Crippen LogP contribution in [0, 0.1) is 0 Å². The molecule has 0 saturated carbocycles. The molecule has 1 aliphatic heterocycles. The summed E-state index contributed by atoms with van der Waals surface area (Å²) < 4.78 is 0. The predicted octanol–water partition coefficient (Wildman–Crippen LogP) is 2.05. The molecule has 0 spiro atoms. The summed E-state index contributed by atoms with van der Waals surface area (Å²) in [6.45, 7) is 4.08. The summed E-state index contributed by atoms with van der Waals surface area (Å²) in [6.07, 6.45) is 2.93. The topological polar surface area (TPSA) is 41.1 Å². The van der Waals surface area contributed by atoms with Gasteiger partial charge < -0.3 is 10.6 Å². The molecule has 2 rings (SSSR count). The Morgan fingerprint density at radius 3 is 2.61 bits per heavy atom. The Labute approximate surface area is 109 Å². The quantitative estimate of drug-likeness (QED) is 0.853. The molecule has 3 nitrogen and oxygen atoms in total. The highest BCUT2D eigenvalue weighted by Gasteiger charge is 2.22. The number of hydrogen-bond donors (Lipinski definition) is 2. The van der Waals surface area contributed by atoms with Crippen LogP contribution in [0.3, 0.4) is 0 Å². The van der Waals surface area contributed by atoms with E-state index in [1.165, 1.54) is 0 Å². The van der Waals surface area contributed by atoms with Crippen LogP contribution in [0.5, 0.6) is 0 Å². The van der Waals surface area contributed by atoms with Crippen molar-refractivity contribution in [2.45, 2.75) is 38.1 Å². The standard InChI is InChI=1S/C15H22N2O/c1-2-14(12-6-4-3-5-7-12)15(18)17-13-8-10-16-11-9-13/h3-7,13-14,16H,2,8-11H2,1H3,(H,17,18). The fraction of sp³-hybridized carbons (Fsp3) is 0.533. The van der Waals surface area contributed by atoms with E-state index in [0.29, 0.717) is 6.04 Å². The van der Waals surface area contributed by atoms with E-state index in [1.807, 2.05) is 30.3 Å². The average molecular weight is 246 g/mol. The largest absolute Gasteiger partial charge is 0.353 e. The summed E-state index contributed by atoms with van der Waals surface area (Å²) in [5.74, 6) is 0.164. The lowest BCUT2D eigenvalue weighted by atomic mass is 9.94. The van der Waals surface area contributed by atoms with E-state index in [4.69, 9.17) is 0 Å². The summed E-state index contributed by atoms with van der Waals surface area (Å²) in [5, 5.41) is 6.50. The first-order chi connectivity index (χ1) is 8.81. The van der Waals surface area contributed by atoms with Crippen molar-refractivity contribution >= 4 is 5.91 Å². The molecule has 2 N–H and O–H groups in total. The van der Waals surface area contributed by atoms with Crippen molar-refractivity contribution in [2.24, 2.45) is 0 Å². The van der Waals surface area contributed by atoms with Crippen molar-refractivity contribution in [1.29, 1.82) is 0 Å². The summed E-state index contributed by atoms with van der Waals surface area (Å²) in [7, 11) is 0. The third-order valence-corrected chi connectivity index (χ3v) is 3.61. The van der Waals surface area contributed by atoms with Gasteiger partial charge in [-0.2, -0.15) is 0 Å². The average Bonchev–Trinajstić information content (AvgIpc) is 2.42. The van der Waals surface area contributed by atoms with E-state index in [2.05, 4.69) is 17.6 Å². The Morgan fingerprint density at radius 1 is 1.33 bits per heavy atom. The van der Waals surface area contributed by atoms with Gasteiger partial charge in [-0.15, -0.1) is 0 Å². The van der Waals surface area contributed by atoms with E-state index in [1.54, 1.807) is 0 Å². The molecule has 1 aromatic rings. The van der Waals surface area contributed by atoms with Crippen LogP contribution in [0.4, 0.5) is 0 Å². The Kier molecular flexibility index (Phi) is 4.76. The number of rotatable bonds is 4. The van der Waals surface area contributed by atoms with Gasteiger partial charge >= 0.3 is 0 Å². The molecule has 0 bridgehead atoms. The van der Waals surface area contributed by atoms with Crippen molar-refractivity contribution < 1.29 is 4.79 Å². The molecule has 3 heteroatoms. The van der Waals surface area contributed by atoms with E-state index in [-0.39, 0.29) is 11.8 Å². The van der Waals surface area contributed by atoms with Crippen LogP contribution in [-0.2, 0) is 4.79 Å². The van der Waals surface area contributed by atoms with Gasteiger partial charge in [-0.05, 0) is 37.9 Å². The molecule has 1 atom stereocenters. The summed E-state index contributed by atoms with van der Waals surface area (Å²) >= 11 is 0. The van der Waals surface area contributed by atoms with Crippen molar-refractivity contribution in [1.82, 2.24) is 10.6 Å². The molecule has 0 aliphatic carbocycles. The maximum Gasteiger partial charge on any atom is 0.227 e. The number of amides is 1. The minimum atomic E-state index is -0.0129. The molecule has 1 aromatic carbocycles. The normalized spacial score (nSPS) is 18.3. The molecule has 1 amide bonds. The lowest BCUT2D eigenvalue weighted by molar-refractivity contribution is -0.123. The third kappa shape index (κ3) is 3.33. The highest BCUT2D eigenvalue weighted by Crippen LogP contribution is 2.20. The Bertz CT molecular complexity index is 371. The number of carbonyl (C=O) groups is 1. The minimum Gasteiger partial charge on any atom is -0.353 e. The lowest BCUT2D eigenvalue weighted by Crippen LogP contribution is -2.44. The number of hydrogen-bond acceptors (Lipinski definition) is 2. The SMILES string of the molecule is CCC(C(=O)NC1CCNCC1)c1ccccc1. The fourth-order valence-electron chi connectivity index (χ4n) is 2.53. The molecule has 18 heavy (non-hydrogen) atoms. The zero-order valence-electron chi connectivity index (χ0n) is 11.0. The number of benzene rings is 1. The maximum atomic E-state index is 12.3. The highest BCUT2D eigenvalue weighted by molar-refractivity contribution is 5.83. The summed E-state index contributed by atoms with van der Waals surface area (Å²) in [4.78, 5) is 12.3. The Morgan fingerprint density at radius 2 is 2.00 bits per heavy atom. The van der Waals surface area contributed by atoms with E-state index in [9.17, 15) is 4.79 Å². The van der Waals surface area contributed by atoms with Crippen LogP contribution < -0.4 is 10.6 Å².